The minimum absolute atomic E-state index is 0. The largest absolute Gasteiger partial charge is 0.459 e. The number of amides is 1. The number of carbonyl (C=O) groups is 1. The van der Waals surface area contributed by atoms with Crippen LogP contribution in [0.5, 0.6) is 0 Å². The molecule has 1 aromatic heterocycles. The molecule has 0 saturated carbocycles. The number of nitrogens with zero attached hydrogens (tertiary/aromatic N) is 1. The number of hydrogen-bond acceptors (Lipinski definition) is 3. The minimum atomic E-state index is -0.202. The summed E-state index contributed by atoms with van der Waals surface area (Å²) in [6, 6.07) is 8.03. The fourth-order valence-electron chi connectivity index (χ4n) is 2.74. The van der Waals surface area contributed by atoms with Crippen molar-refractivity contribution in [2.45, 2.75) is 40.0 Å². The summed E-state index contributed by atoms with van der Waals surface area (Å²) in [4.78, 5) is 16.3. The van der Waals surface area contributed by atoms with Crippen LogP contribution in [0, 0.1) is 6.92 Å². The zero-order valence-corrected chi connectivity index (χ0v) is 18.5. The number of hydrogen-bond donors (Lipinski definition) is 3. The second-order valence-electron chi connectivity index (χ2n) is 6.09. The van der Waals surface area contributed by atoms with Gasteiger partial charge in [-0.1, -0.05) is 32.0 Å². The maximum absolute atomic E-state index is 11.9. The third kappa shape index (κ3) is 6.57. The van der Waals surface area contributed by atoms with E-state index < -0.39 is 0 Å². The van der Waals surface area contributed by atoms with Gasteiger partial charge in [0.25, 0.3) is 5.91 Å². The number of nitrogens with one attached hydrogen (secondary N) is 2. The Hall–Kier alpha value is -2.03. The molecular formula is C20H29IN4O2. The van der Waals surface area contributed by atoms with Gasteiger partial charge in [0.1, 0.15) is 0 Å². The standard InChI is InChI=1S/C20H28N4O2.HI/c1-4-15-8-6-9-16(5-2)17(15)24-20(21)23-12-7-11-22-19(25)18-14(3)10-13-26-18;/h6,8-10,13H,4-5,7,11-12H2,1-3H3,(H,22,25)(H3,21,23,24);1H. The molecule has 0 unspecified atom stereocenters. The Bertz CT molecular complexity index is 749. The van der Waals surface area contributed by atoms with Crippen LogP contribution in [0.4, 0.5) is 5.69 Å². The maximum atomic E-state index is 11.9. The van der Waals surface area contributed by atoms with Crippen molar-refractivity contribution < 1.29 is 9.21 Å². The fourth-order valence-corrected chi connectivity index (χ4v) is 2.74. The lowest BCUT2D eigenvalue weighted by Crippen LogP contribution is -2.26. The summed E-state index contributed by atoms with van der Waals surface area (Å²) in [5.41, 5.74) is 10.4. The van der Waals surface area contributed by atoms with Gasteiger partial charge in [0.05, 0.1) is 6.26 Å². The molecule has 0 saturated heterocycles. The zero-order valence-electron chi connectivity index (χ0n) is 16.2. The smallest absolute Gasteiger partial charge is 0.287 e. The number of para-hydroxylation sites is 1. The van der Waals surface area contributed by atoms with E-state index in [0.29, 0.717) is 31.2 Å². The predicted octanol–water partition coefficient (Wildman–Crippen LogP) is 3.88. The van der Waals surface area contributed by atoms with E-state index in [1.165, 1.54) is 17.4 Å². The highest BCUT2D eigenvalue weighted by molar-refractivity contribution is 14.0. The molecular weight excluding hydrogens is 455 g/mol. The number of guanidine groups is 1. The lowest BCUT2D eigenvalue weighted by atomic mass is 10.0. The molecule has 0 atom stereocenters. The Morgan fingerprint density at radius 3 is 2.41 bits per heavy atom. The Morgan fingerprint density at radius 1 is 1.19 bits per heavy atom. The molecule has 0 aliphatic carbocycles. The predicted molar refractivity (Wildman–Crippen MR) is 121 cm³/mol. The van der Waals surface area contributed by atoms with Crippen molar-refractivity contribution in [2.75, 3.05) is 18.4 Å². The van der Waals surface area contributed by atoms with Gasteiger partial charge in [-0.15, -0.1) is 24.0 Å². The van der Waals surface area contributed by atoms with Crippen LogP contribution in [0.1, 0.15) is 47.5 Å². The summed E-state index contributed by atoms with van der Waals surface area (Å²) in [6.07, 6.45) is 4.08. The highest BCUT2D eigenvalue weighted by atomic mass is 127. The van der Waals surface area contributed by atoms with Gasteiger partial charge in [-0.3, -0.25) is 9.79 Å². The fraction of sp³-hybridized carbons (Fsp3) is 0.400. The minimum Gasteiger partial charge on any atom is -0.459 e. The molecule has 4 N–H and O–H groups in total. The number of aliphatic imine (C=N–C) groups is 1. The highest BCUT2D eigenvalue weighted by Gasteiger charge is 2.11. The Balaban J connectivity index is 0.00000364. The third-order valence-electron chi connectivity index (χ3n) is 4.22. The van der Waals surface area contributed by atoms with Crippen LogP contribution in [0.3, 0.4) is 0 Å². The molecule has 6 nitrogen and oxygen atoms in total. The van der Waals surface area contributed by atoms with Crippen LogP contribution in [-0.2, 0) is 12.8 Å². The summed E-state index contributed by atoms with van der Waals surface area (Å²) >= 11 is 0. The molecule has 27 heavy (non-hydrogen) atoms. The molecule has 7 heteroatoms. The van der Waals surface area contributed by atoms with Crippen molar-refractivity contribution in [1.29, 1.82) is 0 Å². The van der Waals surface area contributed by atoms with Crippen molar-refractivity contribution in [2.24, 2.45) is 10.7 Å². The number of aryl methyl sites for hydroxylation is 3. The number of anilines is 1. The molecule has 0 aliphatic heterocycles. The molecule has 0 spiro atoms. The topological polar surface area (TPSA) is 92.6 Å². The van der Waals surface area contributed by atoms with E-state index in [1.807, 2.05) is 6.92 Å². The van der Waals surface area contributed by atoms with Crippen LogP contribution in [0.2, 0.25) is 0 Å². The van der Waals surface area contributed by atoms with Gasteiger partial charge in [0.15, 0.2) is 11.7 Å². The number of halogens is 1. The molecule has 0 radical (unpaired) electrons. The third-order valence-corrected chi connectivity index (χ3v) is 4.22. The van der Waals surface area contributed by atoms with Gasteiger partial charge in [-0.05, 0) is 43.4 Å². The molecule has 0 aliphatic rings. The Kier molecular flexibility index (Phi) is 9.92. The highest BCUT2D eigenvalue weighted by Crippen LogP contribution is 2.22. The van der Waals surface area contributed by atoms with Crippen molar-refractivity contribution in [3.63, 3.8) is 0 Å². The molecule has 2 aromatic rings. The van der Waals surface area contributed by atoms with Crippen molar-refractivity contribution >= 4 is 41.5 Å². The van der Waals surface area contributed by atoms with Crippen LogP contribution < -0.4 is 16.4 Å². The molecule has 0 fully saturated rings. The average Bonchev–Trinajstić information content (AvgIpc) is 3.07. The van der Waals surface area contributed by atoms with Gasteiger partial charge < -0.3 is 20.8 Å². The number of carbonyl (C=O) groups excluding carboxylic acids is 1. The zero-order chi connectivity index (χ0) is 18.9. The van der Waals surface area contributed by atoms with Crippen LogP contribution >= 0.6 is 24.0 Å². The summed E-state index contributed by atoms with van der Waals surface area (Å²) in [5.74, 6) is 0.554. The second kappa shape index (κ2) is 11.6. The van der Waals surface area contributed by atoms with Crippen molar-refractivity contribution in [3.8, 4) is 0 Å². The number of furan rings is 1. The lowest BCUT2D eigenvalue weighted by Gasteiger charge is -2.14. The first-order chi connectivity index (χ1) is 12.6. The molecule has 1 amide bonds. The summed E-state index contributed by atoms with van der Waals surface area (Å²) in [5, 5.41) is 6.06. The van der Waals surface area contributed by atoms with Crippen LogP contribution in [0.25, 0.3) is 0 Å². The van der Waals surface area contributed by atoms with E-state index >= 15 is 0 Å². The quantitative estimate of drug-likeness (QED) is 0.230. The molecule has 2 rings (SSSR count). The monoisotopic (exact) mass is 484 g/mol. The van der Waals surface area contributed by atoms with Gasteiger partial charge in [0, 0.05) is 24.3 Å². The SMILES string of the molecule is CCc1cccc(CC)c1NC(N)=NCCCNC(=O)c1occc1C.I. The van der Waals surface area contributed by atoms with E-state index in [4.69, 9.17) is 10.2 Å². The van der Waals surface area contributed by atoms with E-state index in [0.717, 1.165) is 24.1 Å². The van der Waals surface area contributed by atoms with Gasteiger partial charge in [-0.2, -0.15) is 0 Å². The first-order valence-electron chi connectivity index (χ1n) is 9.06. The van der Waals surface area contributed by atoms with E-state index in [-0.39, 0.29) is 29.9 Å². The lowest BCUT2D eigenvalue weighted by molar-refractivity contribution is 0.0925. The Morgan fingerprint density at radius 2 is 1.85 bits per heavy atom. The van der Waals surface area contributed by atoms with E-state index in [9.17, 15) is 4.79 Å². The number of rotatable bonds is 8. The van der Waals surface area contributed by atoms with E-state index in [2.05, 4.69) is 47.7 Å². The van der Waals surface area contributed by atoms with E-state index in [1.54, 1.807) is 6.07 Å². The second-order valence-corrected chi connectivity index (χ2v) is 6.09. The first kappa shape index (κ1) is 23.0. The van der Waals surface area contributed by atoms with Gasteiger partial charge >= 0.3 is 0 Å². The normalized spacial score (nSPS) is 11.0. The van der Waals surface area contributed by atoms with Crippen LogP contribution in [0.15, 0.2) is 39.9 Å². The molecule has 0 bridgehead atoms. The summed E-state index contributed by atoms with van der Waals surface area (Å²) < 4.78 is 5.16. The van der Waals surface area contributed by atoms with Gasteiger partial charge in [0.2, 0.25) is 0 Å². The van der Waals surface area contributed by atoms with Crippen LogP contribution in [-0.4, -0.2) is 25.0 Å². The van der Waals surface area contributed by atoms with Gasteiger partial charge in [-0.25, -0.2) is 0 Å². The molecule has 1 heterocycles. The first-order valence-corrected chi connectivity index (χ1v) is 9.06. The Labute approximate surface area is 178 Å². The summed E-state index contributed by atoms with van der Waals surface area (Å²) in [7, 11) is 0. The summed E-state index contributed by atoms with van der Waals surface area (Å²) in [6.45, 7) is 7.13. The maximum Gasteiger partial charge on any atom is 0.287 e. The van der Waals surface area contributed by atoms with Crippen molar-refractivity contribution in [1.82, 2.24) is 5.32 Å². The van der Waals surface area contributed by atoms with Crippen molar-refractivity contribution in [3.05, 3.63) is 53.0 Å². The molecule has 148 valence electrons. The number of benzene rings is 1. The number of nitrogens with two attached hydrogens (primary N) is 1. The molecule has 1 aromatic carbocycles. The average molecular weight is 484 g/mol.